The maximum atomic E-state index is 12.8. The van der Waals surface area contributed by atoms with Crippen LogP contribution in [0, 0.1) is 5.92 Å². The van der Waals surface area contributed by atoms with E-state index in [1.54, 1.807) is 7.05 Å². The van der Waals surface area contributed by atoms with Gasteiger partial charge in [-0.15, -0.1) is 0 Å². The molecule has 1 aromatic heterocycles. The highest BCUT2D eigenvalue weighted by atomic mass is 19.4. The Bertz CT molecular complexity index is 476. The molecule has 0 saturated heterocycles. The number of halogens is 3. The third kappa shape index (κ3) is 4.47. The number of aromatic nitrogens is 2. The van der Waals surface area contributed by atoms with Gasteiger partial charge in [0.05, 0.1) is 0 Å². The van der Waals surface area contributed by atoms with Crippen LogP contribution < -0.4 is 10.6 Å². The minimum Gasteiger partial charge on any atom is -0.373 e. The zero-order valence-corrected chi connectivity index (χ0v) is 12.3. The van der Waals surface area contributed by atoms with Crippen molar-refractivity contribution in [3.05, 3.63) is 11.9 Å². The Hall–Kier alpha value is -1.53. The highest BCUT2D eigenvalue weighted by molar-refractivity contribution is 5.48. The van der Waals surface area contributed by atoms with Crippen LogP contribution in [0.25, 0.3) is 0 Å². The lowest BCUT2D eigenvalue weighted by Gasteiger charge is -2.18. The Morgan fingerprint density at radius 2 is 1.81 bits per heavy atom. The van der Waals surface area contributed by atoms with Crippen LogP contribution in [0.1, 0.15) is 44.9 Å². The van der Waals surface area contributed by atoms with Gasteiger partial charge in [-0.3, -0.25) is 0 Å². The van der Waals surface area contributed by atoms with Crippen LogP contribution in [-0.2, 0) is 6.18 Å². The molecule has 21 heavy (non-hydrogen) atoms. The summed E-state index contributed by atoms with van der Waals surface area (Å²) < 4.78 is 38.4. The standard InChI is InChI=1S/C14H21F3N4/c1-9-4-3-5-10(7-6-9)19-12-8-11(18-2)20-13(21-12)14(15,16)17/h8-10H,3-7H2,1-2H3,(H2,18,19,20,21). The van der Waals surface area contributed by atoms with Crippen molar-refractivity contribution in [1.29, 1.82) is 0 Å². The summed E-state index contributed by atoms with van der Waals surface area (Å²) in [6.07, 6.45) is 0.744. The molecule has 7 heteroatoms. The maximum Gasteiger partial charge on any atom is 0.451 e. The van der Waals surface area contributed by atoms with Crippen LogP contribution in [0.4, 0.5) is 24.8 Å². The van der Waals surface area contributed by atoms with Gasteiger partial charge < -0.3 is 10.6 Å². The predicted octanol–water partition coefficient (Wildman–Crippen LogP) is 3.92. The Kier molecular flexibility index (Phi) is 4.90. The van der Waals surface area contributed by atoms with Gasteiger partial charge in [0.1, 0.15) is 11.6 Å². The number of alkyl halides is 3. The zero-order valence-electron chi connectivity index (χ0n) is 12.3. The molecule has 1 fully saturated rings. The normalized spacial score (nSPS) is 23.5. The van der Waals surface area contributed by atoms with E-state index in [1.807, 2.05) is 0 Å². The van der Waals surface area contributed by atoms with E-state index in [-0.39, 0.29) is 17.7 Å². The quantitative estimate of drug-likeness (QED) is 0.831. The van der Waals surface area contributed by atoms with Gasteiger partial charge in [0.15, 0.2) is 0 Å². The van der Waals surface area contributed by atoms with E-state index in [2.05, 4.69) is 27.5 Å². The summed E-state index contributed by atoms with van der Waals surface area (Å²) in [7, 11) is 1.54. The Balaban J connectivity index is 2.15. The Morgan fingerprint density at radius 3 is 2.48 bits per heavy atom. The first-order valence-corrected chi connectivity index (χ1v) is 7.29. The predicted molar refractivity (Wildman–Crippen MR) is 76.2 cm³/mol. The van der Waals surface area contributed by atoms with Crippen molar-refractivity contribution in [3.8, 4) is 0 Å². The molecule has 2 atom stereocenters. The average molecular weight is 302 g/mol. The van der Waals surface area contributed by atoms with E-state index < -0.39 is 12.0 Å². The second-order valence-electron chi connectivity index (χ2n) is 5.66. The second kappa shape index (κ2) is 6.49. The van der Waals surface area contributed by atoms with Gasteiger partial charge in [-0.05, 0) is 25.2 Å². The lowest BCUT2D eigenvalue weighted by Crippen LogP contribution is -2.21. The smallest absolute Gasteiger partial charge is 0.373 e. The minimum absolute atomic E-state index is 0.168. The number of hydrogen-bond acceptors (Lipinski definition) is 4. The zero-order chi connectivity index (χ0) is 15.5. The van der Waals surface area contributed by atoms with Crippen LogP contribution >= 0.6 is 0 Å². The summed E-state index contributed by atoms with van der Waals surface area (Å²) in [6.45, 7) is 2.22. The largest absolute Gasteiger partial charge is 0.451 e. The fraction of sp³-hybridized carbons (Fsp3) is 0.714. The molecule has 1 saturated carbocycles. The monoisotopic (exact) mass is 302 g/mol. The van der Waals surface area contributed by atoms with Gasteiger partial charge in [-0.1, -0.05) is 19.8 Å². The molecular weight excluding hydrogens is 281 g/mol. The third-order valence-corrected chi connectivity index (χ3v) is 3.85. The fourth-order valence-corrected chi connectivity index (χ4v) is 2.62. The van der Waals surface area contributed by atoms with Crippen molar-refractivity contribution in [3.63, 3.8) is 0 Å². The molecule has 0 aromatic carbocycles. The Morgan fingerprint density at radius 1 is 1.10 bits per heavy atom. The average Bonchev–Trinajstić information content (AvgIpc) is 2.62. The summed E-state index contributed by atoms with van der Waals surface area (Å²) in [5.41, 5.74) is 0. The van der Waals surface area contributed by atoms with E-state index in [9.17, 15) is 13.2 Å². The molecule has 1 aromatic rings. The molecule has 1 aliphatic rings. The second-order valence-corrected chi connectivity index (χ2v) is 5.66. The van der Waals surface area contributed by atoms with Crippen LogP contribution in [0.3, 0.4) is 0 Å². The van der Waals surface area contributed by atoms with Crippen molar-refractivity contribution < 1.29 is 13.2 Å². The molecule has 2 unspecified atom stereocenters. The van der Waals surface area contributed by atoms with Gasteiger partial charge in [0, 0.05) is 19.2 Å². The van der Waals surface area contributed by atoms with Gasteiger partial charge in [-0.2, -0.15) is 13.2 Å². The minimum atomic E-state index is -4.54. The summed E-state index contributed by atoms with van der Waals surface area (Å²) in [4.78, 5) is 7.07. The summed E-state index contributed by atoms with van der Waals surface area (Å²) in [5.74, 6) is -0.0253. The van der Waals surface area contributed by atoms with Gasteiger partial charge in [0.25, 0.3) is 0 Å². The molecule has 0 aliphatic heterocycles. The lowest BCUT2D eigenvalue weighted by molar-refractivity contribution is -0.144. The van der Waals surface area contributed by atoms with Crippen molar-refractivity contribution in [1.82, 2.24) is 9.97 Å². The summed E-state index contributed by atoms with van der Waals surface area (Å²) in [5, 5.41) is 5.78. The molecule has 118 valence electrons. The molecule has 1 aliphatic carbocycles. The van der Waals surface area contributed by atoms with Gasteiger partial charge >= 0.3 is 6.18 Å². The topological polar surface area (TPSA) is 49.8 Å². The van der Waals surface area contributed by atoms with Crippen molar-refractivity contribution in [2.45, 2.75) is 51.2 Å². The van der Waals surface area contributed by atoms with Crippen LogP contribution in [0.2, 0.25) is 0 Å². The summed E-state index contributed by atoms with van der Waals surface area (Å²) >= 11 is 0. The van der Waals surface area contributed by atoms with Gasteiger partial charge in [0.2, 0.25) is 5.82 Å². The number of rotatable bonds is 3. The van der Waals surface area contributed by atoms with Gasteiger partial charge in [-0.25, -0.2) is 9.97 Å². The number of nitrogens with zero attached hydrogens (tertiary/aromatic N) is 2. The van der Waals surface area contributed by atoms with Crippen molar-refractivity contribution in [2.75, 3.05) is 17.7 Å². The highest BCUT2D eigenvalue weighted by Crippen LogP contribution is 2.29. The molecule has 1 heterocycles. The highest BCUT2D eigenvalue weighted by Gasteiger charge is 2.35. The third-order valence-electron chi connectivity index (χ3n) is 3.85. The molecule has 0 amide bonds. The van der Waals surface area contributed by atoms with E-state index >= 15 is 0 Å². The molecule has 2 rings (SSSR count). The fourth-order valence-electron chi connectivity index (χ4n) is 2.62. The van der Waals surface area contributed by atoms with Crippen molar-refractivity contribution >= 4 is 11.6 Å². The Labute approximate surface area is 122 Å². The van der Waals surface area contributed by atoms with Crippen LogP contribution in [0.15, 0.2) is 6.07 Å². The van der Waals surface area contributed by atoms with Crippen molar-refractivity contribution in [2.24, 2.45) is 5.92 Å². The first-order chi connectivity index (χ1) is 9.88. The molecule has 0 bridgehead atoms. The van der Waals surface area contributed by atoms with Crippen LogP contribution in [-0.4, -0.2) is 23.1 Å². The van der Waals surface area contributed by atoms with E-state index in [0.717, 1.165) is 25.7 Å². The number of hydrogen-bond donors (Lipinski definition) is 2. The molecule has 4 nitrogen and oxygen atoms in total. The molecule has 2 N–H and O–H groups in total. The molecule has 0 radical (unpaired) electrons. The number of anilines is 2. The SMILES string of the molecule is CNc1cc(NC2CCCC(C)CC2)nc(C(F)(F)F)n1. The summed E-state index contributed by atoms with van der Waals surface area (Å²) in [6, 6.07) is 1.69. The first-order valence-electron chi connectivity index (χ1n) is 7.29. The first kappa shape index (κ1) is 15.9. The van der Waals surface area contributed by atoms with E-state index in [4.69, 9.17) is 0 Å². The van der Waals surface area contributed by atoms with Crippen LogP contribution in [0.5, 0.6) is 0 Å². The number of nitrogens with one attached hydrogen (secondary N) is 2. The maximum absolute atomic E-state index is 12.8. The molecular formula is C14H21F3N4. The lowest BCUT2D eigenvalue weighted by atomic mass is 10.0. The van der Waals surface area contributed by atoms with E-state index in [1.165, 1.54) is 12.5 Å². The van der Waals surface area contributed by atoms with E-state index in [0.29, 0.717) is 5.92 Å². The molecule has 0 spiro atoms.